The van der Waals surface area contributed by atoms with E-state index in [0.717, 1.165) is 22.3 Å². The van der Waals surface area contributed by atoms with E-state index in [-0.39, 0.29) is 40.9 Å². The quantitative estimate of drug-likeness (QED) is 0.120. The van der Waals surface area contributed by atoms with Crippen LogP contribution in [0.25, 0.3) is 58.9 Å². The molecule has 9 aromatic rings. The molecule has 282 valence electrons. The monoisotopic (exact) mass is 936 g/mol. The van der Waals surface area contributed by atoms with Crippen molar-refractivity contribution in [3.05, 3.63) is 178 Å². The number of aryl methyl sites for hydroxylation is 3. The molecule has 0 fully saturated rings. The van der Waals surface area contributed by atoms with Gasteiger partial charge < -0.3 is 0 Å². The van der Waals surface area contributed by atoms with E-state index in [9.17, 15) is 20.4 Å². The van der Waals surface area contributed by atoms with Crippen LogP contribution in [0.5, 0.6) is 0 Å². The van der Waals surface area contributed by atoms with Crippen LogP contribution in [-0.4, -0.2) is 63.9 Å². The first-order chi connectivity index (χ1) is 27.2. The molecule has 0 amide bonds. The fourth-order valence-corrected chi connectivity index (χ4v) is 13.5. The number of aliphatic hydroxyl groups excluding tert-OH is 4. The molecule has 0 aliphatic carbocycles. The molecular weight excluding hydrogens is 889 g/mol. The van der Waals surface area contributed by atoms with Crippen LogP contribution in [0.3, 0.4) is 0 Å². The molecule has 0 aliphatic rings. The summed E-state index contributed by atoms with van der Waals surface area (Å²) >= 11 is 0.980. The average molecular weight is 934 g/mol. The number of aliphatic hydroxyl groups is 4. The molecule has 0 radical (unpaired) electrons. The predicted octanol–water partition coefficient (Wildman–Crippen LogP) is 9.59. The van der Waals surface area contributed by atoms with Crippen molar-refractivity contribution < 1.29 is 20.4 Å². The molecule has 4 nitrogen and oxygen atoms in total. The van der Waals surface area contributed by atoms with E-state index >= 15 is 0 Å². The average Bonchev–Trinajstić information content (AvgIpc) is 3.97. The minimum atomic E-state index is -0.0239. The van der Waals surface area contributed by atoms with Gasteiger partial charge in [-0.25, -0.2) is 0 Å². The van der Waals surface area contributed by atoms with Crippen LogP contribution in [0.15, 0.2) is 140 Å². The molecule has 56 heavy (non-hydrogen) atoms. The molecular formula is C49H44O4Se3. The van der Waals surface area contributed by atoms with Gasteiger partial charge in [-0.15, -0.1) is 0 Å². The number of hydrogen-bond donors (Lipinski definition) is 4. The van der Waals surface area contributed by atoms with Gasteiger partial charge in [0.05, 0.1) is 0 Å². The van der Waals surface area contributed by atoms with E-state index in [1.165, 1.54) is 75.6 Å². The van der Waals surface area contributed by atoms with Gasteiger partial charge in [0.2, 0.25) is 0 Å². The molecule has 0 unspecified atom stereocenters. The second-order valence-electron chi connectivity index (χ2n) is 14.0. The third-order valence-electron chi connectivity index (χ3n) is 9.72. The second kappa shape index (κ2) is 18.5. The Bertz CT molecular complexity index is 2540. The summed E-state index contributed by atoms with van der Waals surface area (Å²) in [7, 11) is 0. The molecule has 4 N–H and O–H groups in total. The molecule has 0 aliphatic heterocycles. The van der Waals surface area contributed by atoms with Crippen LogP contribution in [0.4, 0.5) is 0 Å². The van der Waals surface area contributed by atoms with Crippen LogP contribution < -0.4 is 0 Å². The Morgan fingerprint density at radius 1 is 0.339 bits per heavy atom. The van der Waals surface area contributed by atoms with Gasteiger partial charge in [0.15, 0.2) is 0 Å². The Morgan fingerprint density at radius 2 is 0.679 bits per heavy atom. The first kappa shape index (κ1) is 40.1. The third kappa shape index (κ3) is 9.55. The Labute approximate surface area is 346 Å². The minimum absolute atomic E-state index is 0.0148. The number of rotatable bonds is 7. The molecule has 3 aromatic heterocycles. The normalized spacial score (nSPS) is 11.1. The van der Waals surface area contributed by atoms with Crippen molar-refractivity contribution in [1.29, 1.82) is 0 Å². The summed E-state index contributed by atoms with van der Waals surface area (Å²) in [5.41, 5.74) is 11.4. The summed E-state index contributed by atoms with van der Waals surface area (Å²) in [6.45, 7) is 6.53. The van der Waals surface area contributed by atoms with Gasteiger partial charge in [-0.05, 0) is 0 Å². The summed E-state index contributed by atoms with van der Waals surface area (Å²) in [6, 6.07) is 49.3. The Morgan fingerprint density at radius 3 is 1.04 bits per heavy atom. The van der Waals surface area contributed by atoms with Crippen molar-refractivity contribution in [3.8, 4) is 30.0 Å². The summed E-state index contributed by atoms with van der Waals surface area (Å²) in [6.07, 6.45) is 0. The predicted molar refractivity (Wildman–Crippen MR) is 237 cm³/mol. The third-order valence-corrected chi connectivity index (χ3v) is 16.9. The second-order valence-corrected chi connectivity index (χ2v) is 20.8. The first-order valence-electron chi connectivity index (χ1n) is 18.5. The SMILES string of the molecule is Cc1ccc(-c2cc3cc(CO)c(CO)cc3[se]2)cc1.Cc1ccc(-c2cc3ccc(CO)cc3[se]2)cc1.Cc1ccc(-c2cc3ccc(CO)cc3[se]2)cc1. The molecule has 3 heterocycles. The van der Waals surface area contributed by atoms with Crippen molar-refractivity contribution in [2.45, 2.75) is 47.2 Å². The zero-order valence-electron chi connectivity index (χ0n) is 31.6. The maximum atomic E-state index is 9.37. The Balaban J connectivity index is 0.000000129. The van der Waals surface area contributed by atoms with Gasteiger partial charge in [-0.1, -0.05) is 0 Å². The van der Waals surface area contributed by atoms with Crippen molar-refractivity contribution in [2.75, 3.05) is 0 Å². The first-order valence-corrected chi connectivity index (χ1v) is 23.6. The van der Waals surface area contributed by atoms with Gasteiger partial charge in [-0.2, -0.15) is 0 Å². The molecule has 0 atom stereocenters. The molecule has 0 bridgehead atoms. The van der Waals surface area contributed by atoms with Gasteiger partial charge >= 0.3 is 349 Å². The summed E-state index contributed by atoms with van der Waals surface area (Å²) in [4.78, 5) is 0. The fourth-order valence-electron chi connectivity index (χ4n) is 6.40. The Kier molecular flexibility index (Phi) is 13.2. The van der Waals surface area contributed by atoms with Gasteiger partial charge in [0.25, 0.3) is 0 Å². The topological polar surface area (TPSA) is 80.9 Å². The van der Waals surface area contributed by atoms with E-state index in [0.29, 0.717) is 29.0 Å². The zero-order chi connectivity index (χ0) is 39.2. The van der Waals surface area contributed by atoms with Crippen LogP contribution >= 0.6 is 0 Å². The van der Waals surface area contributed by atoms with Crippen LogP contribution in [0.1, 0.15) is 38.9 Å². The molecule has 0 saturated carbocycles. The zero-order valence-corrected chi connectivity index (χ0v) is 36.8. The number of fused-ring (bicyclic) bond motifs is 3. The van der Waals surface area contributed by atoms with E-state index in [1.54, 1.807) is 0 Å². The summed E-state index contributed by atoms with van der Waals surface area (Å²) in [5, 5.41) is 40.9. The summed E-state index contributed by atoms with van der Waals surface area (Å²) in [5.74, 6) is 0. The van der Waals surface area contributed by atoms with E-state index in [4.69, 9.17) is 0 Å². The van der Waals surface area contributed by atoms with Gasteiger partial charge in [0, 0.05) is 0 Å². The van der Waals surface area contributed by atoms with Gasteiger partial charge in [0.1, 0.15) is 0 Å². The summed E-state index contributed by atoms with van der Waals surface area (Å²) < 4.78 is 8.25. The van der Waals surface area contributed by atoms with Crippen molar-refractivity contribution in [2.24, 2.45) is 0 Å². The van der Waals surface area contributed by atoms with Crippen LogP contribution in [0.2, 0.25) is 0 Å². The standard InChI is InChI=1S/C17H16O2Se.2C16H14OSe/c1-11-2-4-12(5-3-11)16-7-13-6-14(9-18)15(10-19)8-17(13)20-16;2*1-11-2-5-13(6-3-11)16-9-14-7-4-12(10-17)8-15(14)18-16/h2-8,18-19H,9-10H2,1H3;2*2-9,17H,10H2,1H3. The molecule has 0 saturated heterocycles. The Hall–Kier alpha value is -4.06. The molecule has 0 spiro atoms. The van der Waals surface area contributed by atoms with E-state index in [2.05, 4.69) is 136 Å². The van der Waals surface area contributed by atoms with Crippen molar-refractivity contribution >= 4 is 72.4 Å². The molecule has 7 heteroatoms. The molecule has 9 rings (SSSR count). The number of benzene rings is 6. The van der Waals surface area contributed by atoms with Crippen LogP contribution in [0, 0.1) is 20.8 Å². The van der Waals surface area contributed by atoms with Gasteiger partial charge in [-0.3, -0.25) is 0 Å². The van der Waals surface area contributed by atoms with Crippen molar-refractivity contribution in [1.82, 2.24) is 0 Å². The van der Waals surface area contributed by atoms with Crippen molar-refractivity contribution in [3.63, 3.8) is 0 Å². The fraction of sp³-hybridized carbons (Fsp3) is 0.143. The van der Waals surface area contributed by atoms with E-state index < -0.39 is 0 Å². The van der Waals surface area contributed by atoms with E-state index in [1.807, 2.05) is 24.3 Å². The number of hydrogen-bond acceptors (Lipinski definition) is 4. The molecule has 6 aromatic carbocycles. The van der Waals surface area contributed by atoms with Crippen LogP contribution in [-0.2, 0) is 26.4 Å². The maximum absolute atomic E-state index is 9.37.